The van der Waals surface area contributed by atoms with Crippen LogP contribution in [0.5, 0.6) is 0 Å². The van der Waals surface area contributed by atoms with Gasteiger partial charge in [0.25, 0.3) is 0 Å². The molecule has 0 unspecified atom stereocenters. The van der Waals surface area contributed by atoms with Crippen LogP contribution >= 0.6 is 23.4 Å². The van der Waals surface area contributed by atoms with Gasteiger partial charge in [0.2, 0.25) is 0 Å². The third kappa shape index (κ3) is 3.10. The van der Waals surface area contributed by atoms with Crippen molar-refractivity contribution in [3.8, 4) is 0 Å². The molecule has 1 aliphatic heterocycles. The molecule has 5 nitrogen and oxygen atoms in total. The SMILES string of the molecule is O=C(O)[C@@H]1CSCN1C(=O)Nc1ccc(F)cc1Cl. The van der Waals surface area contributed by atoms with Crippen LogP contribution < -0.4 is 5.32 Å². The van der Waals surface area contributed by atoms with Gasteiger partial charge in [-0.3, -0.25) is 0 Å². The molecule has 0 spiro atoms. The lowest BCUT2D eigenvalue weighted by Crippen LogP contribution is -2.44. The molecule has 0 aliphatic carbocycles. The molecule has 102 valence electrons. The van der Waals surface area contributed by atoms with Gasteiger partial charge in [0.05, 0.1) is 16.6 Å². The number of nitrogens with zero attached hydrogens (tertiary/aromatic N) is 1. The second-order valence-corrected chi connectivity index (χ2v) is 5.29. The maximum atomic E-state index is 12.9. The zero-order valence-electron chi connectivity index (χ0n) is 9.60. The van der Waals surface area contributed by atoms with Gasteiger partial charge in [-0.05, 0) is 18.2 Å². The number of rotatable bonds is 2. The zero-order chi connectivity index (χ0) is 14.0. The Kier molecular flexibility index (Phi) is 4.16. The smallest absolute Gasteiger partial charge is 0.327 e. The minimum Gasteiger partial charge on any atom is -0.480 e. The predicted molar refractivity (Wildman–Crippen MR) is 71.0 cm³/mol. The fourth-order valence-electron chi connectivity index (χ4n) is 1.63. The number of anilines is 1. The van der Waals surface area contributed by atoms with Crippen LogP contribution in [0.1, 0.15) is 0 Å². The Hall–Kier alpha value is -1.47. The molecule has 1 heterocycles. The number of thioether (sulfide) groups is 1. The summed E-state index contributed by atoms with van der Waals surface area (Å²) < 4.78 is 12.9. The van der Waals surface area contributed by atoms with E-state index in [4.69, 9.17) is 16.7 Å². The van der Waals surface area contributed by atoms with E-state index in [-0.39, 0.29) is 10.7 Å². The van der Waals surface area contributed by atoms with E-state index >= 15 is 0 Å². The summed E-state index contributed by atoms with van der Waals surface area (Å²) in [5.74, 6) is -0.921. The van der Waals surface area contributed by atoms with Crippen molar-refractivity contribution in [2.24, 2.45) is 0 Å². The molecule has 2 rings (SSSR count). The quantitative estimate of drug-likeness (QED) is 0.880. The summed E-state index contributed by atoms with van der Waals surface area (Å²) in [5, 5.41) is 11.5. The lowest BCUT2D eigenvalue weighted by molar-refractivity contribution is -0.140. The summed E-state index contributed by atoms with van der Waals surface area (Å²) in [6.07, 6.45) is 0. The molecular weight excluding hydrogens is 295 g/mol. The van der Waals surface area contributed by atoms with Crippen LogP contribution in [0.3, 0.4) is 0 Å². The number of carboxylic acids is 1. The topological polar surface area (TPSA) is 69.6 Å². The van der Waals surface area contributed by atoms with Crippen molar-refractivity contribution < 1.29 is 19.1 Å². The number of aliphatic carboxylic acids is 1. The average molecular weight is 305 g/mol. The highest BCUT2D eigenvalue weighted by Gasteiger charge is 2.34. The summed E-state index contributed by atoms with van der Waals surface area (Å²) >= 11 is 7.14. The minimum atomic E-state index is -1.05. The number of hydrogen-bond acceptors (Lipinski definition) is 3. The van der Waals surface area contributed by atoms with Crippen LogP contribution in [0.2, 0.25) is 5.02 Å². The Bertz CT molecular complexity index is 529. The van der Waals surface area contributed by atoms with Crippen molar-refractivity contribution in [3.63, 3.8) is 0 Å². The molecule has 0 radical (unpaired) electrons. The van der Waals surface area contributed by atoms with Crippen LogP contribution in [0.15, 0.2) is 18.2 Å². The monoisotopic (exact) mass is 304 g/mol. The van der Waals surface area contributed by atoms with Crippen LogP contribution in [-0.2, 0) is 4.79 Å². The van der Waals surface area contributed by atoms with E-state index in [1.807, 2.05) is 0 Å². The molecule has 1 atom stereocenters. The van der Waals surface area contributed by atoms with Crippen molar-refractivity contribution in [3.05, 3.63) is 29.0 Å². The normalized spacial score (nSPS) is 18.4. The fourth-order valence-corrected chi connectivity index (χ4v) is 2.98. The molecule has 1 fully saturated rings. The van der Waals surface area contributed by atoms with Crippen LogP contribution in [-0.4, -0.2) is 39.7 Å². The van der Waals surface area contributed by atoms with Crippen molar-refractivity contribution >= 4 is 41.1 Å². The average Bonchev–Trinajstić information content (AvgIpc) is 2.82. The highest BCUT2D eigenvalue weighted by Crippen LogP contribution is 2.25. The summed E-state index contributed by atoms with van der Waals surface area (Å²) in [4.78, 5) is 24.1. The number of nitrogens with one attached hydrogen (secondary N) is 1. The number of carboxylic acid groups (broad SMARTS) is 1. The second-order valence-electron chi connectivity index (χ2n) is 3.88. The number of hydrogen-bond donors (Lipinski definition) is 2. The van der Waals surface area contributed by atoms with E-state index < -0.39 is 23.9 Å². The second kappa shape index (κ2) is 5.66. The lowest BCUT2D eigenvalue weighted by atomic mass is 10.3. The molecule has 8 heteroatoms. The first kappa shape index (κ1) is 14.0. The van der Waals surface area contributed by atoms with Crippen LogP contribution in [0, 0.1) is 5.82 Å². The molecule has 1 aromatic carbocycles. The van der Waals surface area contributed by atoms with Gasteiger partial charge in [-0.2, -0.15) is 0 Å². The molecule has 1 saturated heterocycles. The molecule has 0 aromatic heterocycles. The van der Waals surface area contributed by atoms with E-state index in [0.29, 0.717) is 11.6 Å². The van der Waals surface area contributed by atoms with Gasteiger partial charge in [-0.25, -0.2) is 14.0 Å². The Balaban J connectivity index is 2.10. The first-order valence-electron chi connectivity index (χ1n) is 5.32. The van der Waals surface area contributed by atoms with Crippen molar-refractivity contribution in [1.82, 2.24) is 4.90 Å². The molecule has 2 amide bonds. The summed E-state index contributed by atoms with van der Waals surface area (Å²) in [6, 6.07) is 2.14. The standard InChI is InChI=1S/C11H10ClFN2O3S/c12-7-3-6(13)1-2-8(7)14-11(18)15-5-19-4-9(15)10(16)17/h1-3,9H,4-5H2,(H,14,18)(H,16,17)/t9-/m0/s1. The van der Waals surface area contributed by atoms with Gasteiger partial charge in [0, 0.05) is 5.75 Å². The van der Waals surface area contributed by atoms with Gasteiger partial charge in [-0.15, -0.1) is 11.8 Å². The highest BCUT2D eigenvalue weighted by atomic mass is 35.5. The van der Waals surface area contributed by atoms with Crippen molar-refractivity contribution in [2.45, 2.75) is 6.04 Å². The number of benzene rings is 1. The number of amides is 2. The van der Waals surface area contributed by atoms with Gasteiger partial charge in [0.15, 0.2) is 0 Å². The lowest BCUT2D eigenvalue weighted by Gasteiger charge is -2.21. The minimum absolute atomic E-state index is 0.0621. The molecule has 1 aromatic rings. The van der Waals surface area contributed by atoms with Gasteiger partial charge >= 0.3 is 12.0 Å². The molecule has 2 N–H and O–H groups in total. The summed E-state index contributed by atoms with van der Waals surface area (Å²) in [5.41, 5.74) is 0.245. The Morgan fingerprint density at radius 3 is 2.89 bits per heavy atom. The Morgan fingerprint density at radius 2 is 2.26 bits per heavy atom. The third-order valence-electron chi connectivity index (χ3n) is 2.60. The zero-order valence-corrected chi connectivity index (χ0v) is 11.2. The summed E-state index contributed by atoms with van der Waals surface area (Å²) in [7, 11) is 0. The van der Waals surface area contributed by atoms with Crippen LogP contribution in [0.4, 0.5) is 14.9 Å². The van der Waals surface area contributed by atoms with E-state index in [9.17, 15) is 14.0 Å². The highest BCUT2D eigenvalue weighted by molar-refractivity contribution is 7.99. The molecule has 1 aliphatic rings. The number of carbonyl (C=O) groups excluding carboxylic acids is 1. The number of urea groups is 1. The predicted octanol–water partition coefficient (Wildman–Crippen LogP) is 2.47. The van der Waals surface area contributed by atoms with E-state index in [2.05, 4.69) is 5.32 Å². The fraction of sp³-hybridized carbons (Fsp3) is 0.273. The molecule has 0 bridgehead atoms. The third-order valence-corrected chi connectivity index (χ3v) is 3.93. The van der Waals surface area contributed by atoms with E-state index in [1.165, 1.54) is 22.7 Å². The number of halogens is 2. The van der Waals surface area contributed by atoms with Gasteiger partial charge in [0.1, 0.15) is 11.9 Å². The Morgan fingerprint density at radius 1 is 1.53 bits per heavy atom. The first-order chi connectivity index (χ1) is 8.99. The largest absolute Gasteiger partial charge is 0.480 e. The maximum Gasteiger partial charge on any atom is 0.327 e. The molecule has 19 heavy (non-hydrogen) atoms. The summed E-state index contributed by atoms with van der Waals surface area (Å²) in [6.45, 7) is 0. The Labute approximate surface area is 117 Å². The van der Waals surface area contributed by atoms with Gasteiger partial charge in [-0.1, -0.05) is 11.6 Å². The van der Waals surface area contributed by atoms with E-state index in [1.54, 1.807) is 0 Å². The van der Waals surface area contributed by atoms with Crippen molar-refractivity contribution in [2.75, 3.05) is 16.9 Å². The molecule has 0 saturated carbocycles. The van der Waals surface area contributed by atoms with E-state index in [0.717, 1.165) is 12.1 Å². The first-order valence-corrected chi connectivity index (χ1v) is 6.85. The maximum absolute atomic E-state index is 12.9. The van der Waals surface area contributed by atoms with Crippen LogP contribution in [0.25, 0.3) is 0 Å². The number of carbonyl (C=O) groups is 2. The molecular formula is C11H10ClFN2O3S. The van der Waals surface area contributed by atoms with Crippen molar-refractivity contribution in [1.29, 1.82) is 0 Å². The van der Waals surface area contributed by atoms with Gasteiger partial charge < -0.3 is 15.3 Å².